The van der Waals surface area contributed by atoms with Gasteiger partial charge in [0.05, 0.1) is 12.1 Å². The largest absolute Gasteiger partial charge is 0.495 e. The van der Waals surface area contributed by atoms with Gasteiger partial charge in [0.2, 0.25) is 0 Å². The van der Waals surface area contributed by atoms with Gasteiger partial charge in [0.15, 0.2) is 0 Å². The Balaban J connectivity index is 1.83. The molecule has 2 aromatic rings. The lowest BCUT2D eigenvalue weighted by Crippen LogP contribution is -2.12. The van der Waals surface area contributed by atoms with Crippen molar-refractivity contribution in [3.05, 3.63) is 52.5 Å². The third-order valence-corrected chi connectivity index (χ3v) is 3.47. The quantitative estimate of drug-likeness (QED) is 0.799. The van der Waals surface area contributed by atoms with Crippen LogP contribution in [0.4, 0.5) is 5.69 Å². The number of ether oxygens (including phenoxy) is 2. The van der Waals surface area contributed by atoms with Crippen LogP contribution in [0, 0.1) is 13.8 Å². The highest BCUT2D eigenvalue weighted by molar-refractivity contribution is 6.32. The zero-order valence-corrected chi connectivity index (χ0v) is 13.3. The van der Waals surface area contributed by atoms with Gasteiger partial charge < -0.3 is 14.8 Å². The van der Waals surface area contributed by atoms with Crippen LogP contribution in [-0.2, 0) is 0 Å². The minimum atomic E-state index is 0.591. The molecule has 0 aliphatic carbocycles. The fourth-order valence-corrected chi connectivity index (χ4v) is 2.35. The Morgan fingerprint density at radius 1 is 1.05 bits per heavy atom. The van der Waals surface area contributed by atoms with Crippen molar-refractivity contribution < 1.29 is 9.47 Å². The van der Waals surface area contributed by atoms with Gasteiger partial charge >= 0.3 is 0 Å². The zero-order chi connectivity index (χ0) is 15.2. The lowest BCUT2D eigenvalue weighted by Gasteiger charge is -2.12. The summed E-state index contributed by atoms with van der Waals surface area (Å²) in [5, 5.41) is 3.87. The molecule has 112 valence electrons. The maximum absolute atomic E-state index is 6.08. The fourth-order valence-electron chi connectivity index (χ4n) is 2.09. The van der Waals surface area contributed by atoms with Gasteiger partial charge in [0.1, 0.15) is 18.1 Å². The van der Waals surface area contributed by atoms with Crippen LogP contribution >= 0.6 is 11.6 Å². The predicted molar refractivity (Wildman–Crippen MR) is 87.9 cm³/mol. The molecule has 1 N–H and O–H groups in total. The first-order chi connectivity index (χ1) is 10.1. The molecule has 0 amide bonds. The highest BCUT2D eigenvalue weighted by Crippen LogP contribution is 2.27. The molecule has 0 aliphatic rings. The van der Waals surface area contributed by atoms with Crippen LogP contribution in [0.15, 0.2) is 36.4 Å². The zero-order valence-electron chi connectivity index (χ0n) is 12.6. The van der Waals surface area contributed by atoms with Crippen LogP contribution in [0.5, 0.6) is 11.5 Å². The SMILES string of the molecule is COc1ccc(NCCOc2ccc(C)cc2C)cc1Cl. The minimum absolute atomic E-state index is 0.591. The van der Waals surface area contributed by atoms with E-state index in [0.29, 0.717) is 23.9 Å². The van der Waals surface area contributed by atoms with E-state index >= 15 is 0 Å². The molecule has 0 saturated carbocycles. The van der Waals surface area contributed by atoms with Crippen LogP contribution in [0.1, 0.15) is 11.1 Å². The van der Waals surface area contributed by atoms with E-state index < -0.39 is 0 Å². The molecule has 0 heterocycles. The lowest BCUT2D eigenvalue weighted by molar-refractivity contribution is 0.330. The number of aryl methyl sites for hydroxylation is 2. The van der Waals surface area contributed by atoms with Crippen molar-refractivity contribution in [1.29, 1.82) is 0 Å². The Bertz CT molecular complexity index is 614. The third kappa shape index (κ3) is 4.30. The molecule has 0 radical (unpaired) electrons. The maximum atomic E-state index is 6.08. The number of rotatable bonds is 6. The monoisotopic (exact) mass is 305 g/mol. The van der Waals surface area contributed by atoms with E-state index in [1.54, 1.807) is 7.11 Å². The van der Waals surface area contributed by atoms with Crippen LogP contribution in [0.25, 0.3) is 0 Å². The first kappa shape index (κ1) is 15.5. The van der Waals surface area contributed by atoms with Crippen molar-refractivity contribution >= 4 is 17.3 Å². The smallest absolute Gasteiger partial charge is 0.137 e. The fraction of sp³-hybridized carbons (Fsp3) is 0.294. The van der Waals surface area contributed by atoms with Crippen molar-refractivity contribution in [1.82, 2.24) is 0 Å². The number of benzene rings is 2. The van der Waals surface area contributed by atoms with Crippen LogP contribution in [-0.4, -0.2) is 20.3 Å². The van der Waals surface area contributed by atoms with Crippen molar-refractivity contribution in [3.8, 4) is 11.5 Å². The number of nitrogens with one attached hydrogen (secondary N) is 1. The molecule has 0 aromatic heterocycles. The first-order valence-corrected chi connectivity index (χ1v) is 7.25. The lowest BCUT2D eigenvalue weighted by atomic mass is 10.1. The molecule has 0 fully saturated rings. The van der Waals surface area contributed by atoms with Gasteiger partial charge in [-0.1, -0.05) is 29.3 Å². The average Bonchev–Trinajstić information content (AvgIpc) is 2.45. The van der Waals surface area contributed by atoms with E-state index in [1.165, 1.54) is 5.56 Å². The van der Waals surface area contributed by atoms with Crippen LogP contribution in [0.3, 0.4) is 0 Å². The highest BCUT2D eigenvalue weighted by Gasteiger charge is 2.02. The summed E-state index contributed by atoms with van der Waals surface area (Å²) in [5.74, 6) is 1.60. The van der Waals surface area contributed by atoms with Gasteiger partial charge in [-0.25, -0.2) is 0 Å². The van der Waals surface area contributed by atoms with Gasteiger partial charge in [-0.05, 0) is 43.7 Å². The van der Waals surface area contributed by atoms with E-state index in [1.807, 2.05) is 24.3 Å². The number of anilines is 1. The minimum Gasteiger partial charge on any atom is -0.495 e. The van der Waals surface area contributed by atoms with Crippen molar-refractivity contribution in [3.63, 3.8) is 0 Å². The molecule has 2 rings (SSSR count). The molecule has 2 aromatic carbocycles. The predicted octanol–water partition coefficient (Wildman–Crippen LogP) is 4.46. The molecule has 4 heteroatoms. The summed E-state index contributed by atoms with van der Waals surface area (Å²) in [6.45, 7) is 5.42. The Labute approximate surface area is 130 Å². The summed E-state index contributed by atoms with van der Waals surface area (Å²) in [7, 11) is 1.60. The summed E-state index contributed by atoms with van der Waals surface area (Å²) in [5.41, 5.74) is 3.35. The topological polar surface area (TPSA) is 30.5 Å². The van der Waals surface area contributed by atoms with E-state index in [-0.39, 0.29) is 0 Å². The molecule has 0 unspecified atom stereocenters. The normalized spacial score (nSPS) is 10.3. The van der Waals surface area contributed by atoms with E-state index in [0.717, 1.165) is 17.0 Å². The van der Waals surface area contributed by atoms with E-state index in [2.05, 4.69) is 31.3 Å². The Hall–Kier alpha value is -1.87. The van der Waals surface area contributed by atoms with Gasteiger partial charge in [-0.3, -0.25) is 0 Å². The summed E-state index contributed by atoms with van der Waals surface area (Å²) in [6, 6.07) is 11.8. The van der Waals surface area contributed by atoms with E-state index in [4.69, 9.17) is 21.1 Å². The van der Waals surface area contributed by atoms with E-state index in [9.17, 15) is 0 Å². The molecular weight excluding hydrogens is 286 g/mol. The number of hydrogen-bond acceptors (Lipinski definition) is 3. The summed E-state index contributed by atoms with van der Waals surface area (Å²) in [4.78, 5) is 0. The molecule has 0 spiro atoms. The summed E-state index contributed by atoms with van der Waals surface area (Å²) in [6.07, 6.45) is 0. The van der Waals surface area contributed by atoms with Crippen molar-refractivity contribution in [2.24, 2.45) is 0 Å². The molecule has 0 atom stereocenters. The first-order valence-electron chi connectivity index (χ1n) is 6.87. The van der Waals surface area contributed by atoms with Gasteiger partial charge in [0, 0.05) is 12.2 Å². The molecule has 3 nitrogen and oxygen atoms in total. The second kappa shape index (κ2) is 7.23. The van der Waals surface area contributed by atoms with Gasteiger partial charge in [-0.2, -0.15) is 0 Å². The summed E-state index contributed by atoms with van der Waals surface area (Å²) >= 11 is 6.08. The van der Waals surface area contributed by atoms with Crippen LogP contribution < -0.4 is 14.8 Å². The molecule has 0 aliphatic heterocycles. The number of halogens is 1. The number of methoxy groups -OCH3 is 1. The maximum Gasteiger partial charge on any atom is 0.137 e. The van der Waals surface area contributed by atoms with Gasteiger partial charge in [0.25, 0.3) is 0 Å². The van der Waals surface area contributed by atoms with Crippen LogP contribution in [0.2, 0.25) is 5.02 Å². The number of hydrogen-bond donors (Lipinski definition) is 1. The second-order valence-corrected chi connectivity index (χ2v) is 5.30. The Kier molecular flexibility index (Phi) is 5.34. The third-order valence-electron chi connectivity index (χ3n) is 3.17. The molecule has 0 saturated heterocycles. The average molecular weight is 306 g/mol. The van der Waals surface area contributed by atoms with Crippen molar-refractivity contribution in [2.45, 2.75) is 13.8 Å². The molecule has 0 bridgehead atoms. The molecule has 21 heavy (non-hydrogen) atoms. The van der Waals surface area contributed by atoms with Gasteiger partial charge in [-0.15, -0.1) is 0 Å². The summed E-state index contributed by atoms with van der Waals surface area (Å²) < 4.78 is 10.9. The Morgan fingerprint density at radius 3 is 2.48 bits per heavy atom. The standard InChI is InChI=1S/C17H20ClNO2/c1-12-4-6-16(13(2)10-12)21-9-8-19-14-5-7-17(20-3)15(18)11-14/h4-7,10-11,19H,8-9H2,1-3H3. The second-order valence-electron chi connectivity index (χ2n) is 4.89. The van der Waals surface area contributed by atoms with Crippen molar-refractivity contribution in [2.75, 3.05) is 25.6 Å². The highest BCUT2D eigenvalue weighted by atomic mass is 35.5. The molecular formula is C17H20ClNO2. The Morgan fingerprint density at radius 2 is 1.81 bits per heavy atom.